The molecule has 0 bridgehead atoms. The van der Waals surface area contributed by atoms with E-state index in [1.807, 2.05) is 0 Å². The van der Waals surface area contributed by atoms with Crippen molar-refractivity contribution in [3.8, 4) is 0 Å². The van der Waals surface area contributed by atoms with Gasteiger partial charge in [-0.2, -0.15) is 0 Å². The minimum absolute atomic E-state index is 0.249. The van der Waals surface area contributed by atoms with Crippen LogP contribution in [0, 0.1) is 17.8 Å². The molecule has 5 nitrogen and oxygen atoms in total. The topological polar surface area (TPSA) is 77.9 Å². The van der Waals surface area contributed by atoms with Crippen molar-refractivity contribution in [3.63, 3.8) is 0 Å². The van der Waals surface area contributed by atoms with Gasteiger partial charge in [0.15, 0.2) is 0 Å². The maximum Gasteiger partial charge on any atom is 0.223 e. The summed E-state index contributed by atoms with van der Waals surface area (Å²) in [5.74, 6) is 1.97. The van der Waals surface area contributed by atoms with Gasteiger partial charge in [0, 0.05) is 23.9 Å². The predicted octanol–water partition coefficient (Wildman–Crippen LogP) is 2.24. The van der Waals surface area contributed by atoms with Gasteiger partial charge in [0.05, 0.1) is 0 Å². The first-order valence-electron chi connectivity index (χ1n) is 6.13. The van der Waals surface area contributed by atoms with Crippen LogP contribution in [0.3, 0.4) is 0 Å². The Balaban J connectivity index is 1.53. The van der Waals surface area contributed by atoms with Gasteiger partial charge in [-0.15, -0.1) is 0 Å². The number of hydrogen-bond donors (Lipinski definition) is 1. The summed E-state index contributed by atoms with van der Waals surface area (Å²) < 4.78 is 0. The van der Waals surface area contributed by atoms with Crippen LogP contribution in [0.25, 0.3) is 10.4 Å². The van der Waals surface area contributed by atoms with Crippen LogP contribution < -0.4 is 5.32 Å². The minimum Gasteiger partial charge on any atom is -0.356 e. The number of hydrogen-bond acceptors (Lipinski definition) is 2. The molecule has 2 atom stereocenters. The van der Waals surface area contributed by atoms with Gasteiger partial charge in [0.25, 0.3) is 0 Å². The van der Waals surface area contributed by atoms with E-state index in [0.717, 1.165) is 19.4 Å². The van der Waals surface area contributed by atoms with E-state index in [2.05, 4.69) is 15.3 Å². The Morgan fingerprint density at radius 1 is 1.38 bits per heavy atom. The van der Waals surface area contributed by atoms with Crippen LogP contribution in [0.4, 0.5) is 0 Å². The van der Waals surface area contributed by atoms with Crippen LogP contribution in [0.15, 0.2) is 5.11 Å². The number of fused-ring (bicyclic) bond motifs is 1. The summed E-state index contributed by atoms with van der Waals surface area (Å²) in [7, 11) is 0. The van der Waals surface area contributed by atoms with Crippen molar-refractivity contribution < 1.29 is 4.79 Å². The van der Waals surface area contributed by atoms with Gasteiger partial charge in [0.2, 0.25) is 5.91 Å². The summed E-state index contributed by atoms with van der Waals surface area (Å²) in [6, 6.07) is 0. The highest BCUT2D eigenvalue weighted by Crippen LogP contribution is 2.57. The number of carbonyl (C=O) groups excluding carboxylic acids is 1. The van der Waals surface area contributed by atoms with Gasteiger partial charge >= 0.3 is 0 Å². The zero-order valence-electron chi connectivity index (χ0n) is 9.43. The monoisotopic (exact) mass is 222 g/mol. The van der Waals surface area contributed by atoms with E-state index < -0.39 is 0 Å². The van der Waals surface area contributed by atoms with E-state index in [1.165, 1.54) is 19.3 Å². The first kappa shape index (κ1) is 11.3. The molecule has 0 heterocycles. The smallest absolute Gasteiger partial charge is 0.223 e. The molecule has 2 rings (SSSR count). The van der Waals surface area contributed by atoms with Crippen LogP contribution in [0.1, 0.15) is 32.1 Å². The number of azide groups is 1. The lowest BCUT2D eigenvalue weighted by molar-refractivity contribution is -0.123. The molecular formula is C11H18N4O. The Morgan fingerprint density at radius 3 is 2.81 bits per heavy atom. The number of amides is 1. The summed E-state index contributed by atoms with van der Waals surface area (Å²) in [6.07, 6.45) is 5.55. The van der Waals surface area contributed by atoms with Gasteiger partial charge in [-0.05, 0) is 43.1 Å². The average Bonchev–Trinajstić information content (AvgIpc) is 2.77. The highest BCUT2D eigenvalue weighted by molar-refractivity contribution is 5.82. The summed E-state index contributed by atoms with van der Waals surface area (Å²) >= 11 is 0. The Hall–Kier alpha value is -1.22. The second-order valence-electron chi connectivity index (χ2n) is 4.74. The summed E-state index contributed by atoms with van der Waals surface area (Å²) in [6.45, 7) is 1.25. The molecule has 0 radical (unpaired) electrons. The van der Waals surface area contributed by atoms with Crippen LogP contribution in [0.2, 0.25) is 0 Å². The molecular weight excluding hydrogens is 204 g/mol. The normalized spacial score (nSPS) is 30.4. The number of nitrogens with one attached hydrogen (secondary N) is 1. The SMILES string of the molecule is [N-]=[N+]=NCCCCNC(=O)C1C2CCCC21. The fourth-order valence-corrected chi connectivity index (χ4v) is 2.89. The van der Waals surface area contributed by atoms with Crippen molar-refractivity contribution in [3.05, 3.63) is 10.4 Å². The van der Waals surface area contributed by atoms with Gasteiger partial charge in [-0.3, -0.25) is 4.79 Å². The number of rotatable bonds is 6. The lowest BCUT2D eigenvalue weighted by atomic mass is 10.1. The standard InChI is InChI=1S/C11H18N4O/c12-15-14-7-2-1-6-13-11(16)10-8-4-3-5-9(8)10/h8-10H,1-7H2,(H,13,16). The molecule has 0 spiro atoms. The molecule has 1 N–H and O–H groups in total. The molecule has 5 heteroatoms. The van der Waals surface area contributed by atoms with E-state index in [1.54, 1.807) is 0 Å². The zero-order chi connectivity index (χ0) is 11.4. The third kappa shape index (κ3) is 2.47. The summed E-state index contributed by atoms with van der Waals surface area (Å²) in [5.41, 5.74) is 8.07. The average molecular weight is 222 g/mol. The van der Waals surface area contributed by atoms with Crippen molar-refractivity contribution in [2.75, 3.05) is 13.1 Å². The third-order valence-corrected chi connectivity index (χ3v) is 3.76. The Bertz CT molecular complexity index is 301. The van der Waals surface area contributed by atoms with E-state index in [-0.39, 0.29) is 5.91 Å². The van der Waals surface area contributed by atoms with Crippen molar-refractivity contribution in [2.45, 2.75) is 32.1 Å². The van der Waals surface area contributed by atoms with Crippen LogP contribution >= 0.6 is 0 Å². The summed E-state index contributed by atoms with van der Waals surface area (Å²) in [5, 5.41) is 6.43. The molecule has 2 unspecified atom stereocenters. The largest absolute Gasteiger partial charge is 0.356 e. The fourth-order valence-electron chi connectivity index (χ4n) is 2.89. The van der Waals surface area contributed by atoms with Crippen LogP contribution in [-0.4, -0.2) is 19.0 Å². The van der Waals surface area contributed by atoms with Gasteiger partial charge in [0.1, 0.15) is 0 Å². The first-order chi connectivity index (χ1) is 7.84. The van der Waals surface area contributed by atoms with Crippen molar-refractivity contribution >= 4 is 5.91 Å². The van der Waals surface area contributed by atoms with Gasteiger partial charge in [-0.1, -0.05) is 11.5 Å². The van der Waals surface area contributed by atoms with Gasteiger partial charge < -0.3 is 5.32 Å². The zero-order valence-corrected chi connectivity index (χ0v) is 9.43. The highest BCUT2D eigenvalue weighted by atomic mass is 16.2. The number of unbranched alkanes of at least 4 members (excludes halogenated alkanes) is 1. The molecule has 0 aromatic carbocycles. The fraction of sp³-hybridized carbons (Fsp3) is 0.909. The molecule has 2 saturated carbocycles. The maximum atomic E-state index is 11.7. The predicted molar refractivity (Wildman–Crippen MR) is 60.6 cm³/mol. The van der Waals surface area contributed by atoms with E-state index >= 15 is 0 Å². The second kappa shape index (κ2) is 5.21. The third-order valence-electron chi connectivity index (χ3n) is 3.76. The quantitative estimate of drug-likeness (QED) is 0.318. The number of nitrogens with zero attached hydrogens (tertiary/aromatic N) is 3. The van der Waals surface area contributed by atoms with Crippen molar-refractivity contribution in [2.24, 2.45) is 22.9 Å². The molecule has 0 aliphatic heterocycles. The molecule has 0 aromatic heterocycles. The molecule has 2 fully saturated rings. The van der Waals surface area contributed by atoms with E-state index in [4.69, 9.17) is 5.53 Å². The second-order valence-corrected chi connectivity index (χ2v) is 4.74. The number of carbonyl (C=O) groups is 1. The molecule has 16 heavy (non-hydrogen) atoms. The van der Waals surface area contributed by atoms with Crippen molar-refractivity contribution in [1.82, 2.24) is 5.32 Å². The van der Waals surface area contributed by atoms with Gasteiger partial charge in [-0.25, -0.2) is 0 Å². The van der Waals surface area contributed by atoms with Crippen LogP contribution in [0.5, 0.6) is 0 Å². The van der Waals surface area contributed by atoms with Crippen LogP contribution in [-0.2, 0) is 4.79 Å². The molecule has 1 amide bonds. The first-order valence-corrected chi connectivity index (χ1v) is 6.13. The van der Waals surface area contributed by atoms with E-state index in [0.29, 0.717) is 24.3 Å². The summed E-state index contributed by atoms with van der Waals surface area (Å²) in [4.78, 5) is 14.4. The molecule has 88 valence electrons. The molecule has 2 aliphatic carbocycles. The Kier molecular flexibility index (Phi) is 3.67. The Morgan fingerprint density at radius 2 is 2.12 bits per heavy atom. The molecule has 0 saturated heterocycles. The molecule has 0 aromatic rings. The highest BCUT2D eigenvalue weighted by Gasteiger charge is 2.56. The lowest BCUT2D eigenvalue weighted by Crippen LogP contribution is -2.27. The van der Waals surface area contributed by atoms with E-state index in [9.17, 15) is 4.79 Å². The maximum absolute atomic E-state index is 11.7. The lowest BCUT2D eigenvalue weighted by Gasteiger charge is -2.05. The Labute approximate surface area is 95.2 Å². The molecule has 2 aliphatic rings. The minimum atomic E-state index is 0.249. The van der Waals surface area contributed by atoms with Crippen molar-refractivity contribution in [1.29, 1.82) is 0 Å².